The van der Waals surface area contributed by atoms with Crippen molar-refractivity contribution in [3.8, 4) is 89.5 Å². The molecule has 4 aliphatic rings. The first kappa shape index (κ1) is 100. The minimum atomic E-state index is -0.0607. The van der Waals surface area contributed by atoms with Gasteiger partial charge in [0.1, 0.15) is 72.9 Å². The molecule has 0 atom stereocenters. The van der Waals surface area contributed by atoms with Crippen molar-refractivity contribution in [3.63, 3.8) is 0 Å². The van der Waals surface area contributed by atoms with Crippen molar-refractivity contribution >= 4 is 87.8 Å². The second-order valence-electron chi connectivity index (χ2n) is 49.0. The fourth-order valence-corrected chi connectivity index (χ4v) is 28.3. The van der Waals surface area contributed by atoms with E-state index in [1.165, 1.54) is 244 Å². The smallest absolute Gasteiger partial charge is 0.216 e. The summed E-state index contributed by atoms with van der Waals surface area (Å²) in [4.78, 5) is 0. The van der Waals surface area contributed by atoms with Crippen LogP contribution in [0.25, 0.3) is 177 Å². The van der Waals surface area contributed by atoms with Gasteiger partial charge in [-0.1, -0.05) is 256 Å². The van der Waals surface area contributed by atoms with Crippen LogP contribution < -0.4 is 18.3 Å². The molecule has 8 heteroatoms. The van der Waals surface area contributed by atoms with Gasteiger partial charge in [0, 0.05) is 111 Å². The third kappa shape index (κ3) is 16.0. The average molecular weight is 1950 g/mol. The number of aromatic nitrogens is 4. The van der Waals surface area contributed by atoms with Gasteiger partial charge in [-0.25, -0.2) is 18.3 Å². The Hall–Kier alpha value is -13.6. The third-order valence-corrected chi connectivity index (χ3v) is 35.0. The number of hydrogen-bond donors (Lipinski definition) is 0. The van der Waals surface area contributed by atoms with Gasteiger partial charge in [0.05, 0.1) is 22.3 Å². The van der Waals surface area contributed by atoms with Gasteiger partial charge in [0.25, 0.3) is 0 Å². The zero-order chi connectivity index (χ0) is 105. The summed E-state index contributed by atoms with van der Waals surface area (Å²) in [6, 6.07) is 82.6. The van der Waals surface area contributed by atoms with Crippen molar-refractivity contribution in [2.45, 2.75) is 254 Å². The van der Waals surface area contributed by atoms with Crippen LogP contribution >= 0.6 is 0 Å². The Morgan fingerprint density at radius 1 is 0.243 bits per heavy atom. The van der Waals surface area contributed by atoms with E-state index in [0.29, 0.717) is 23.7 Å². The van der Waals surface area contributed by atoms with E-state index in [-0.39, 0.29) is 32.5 Å². The molecule has 0 N–H and O–H groups in total. The number of pyridine rings is 4. The lowest BCUT2D eigenvalue weighted by Gasteiger charge is -2.42. The molecule has 0 aliphatic heterocycles. The van der Waals surface area contributed by atoms with Crippen LogP contribution in [0.15, 0.2) is 261 Å². The largest absolute Gasteiger partial charge is 0.455 e. The summed E-state index contributed by atoms with van der Waals surface area (Å²) >= 11 is 0. The standard InChI is InChI=1S/C38H44NO.C36H40NO.C34H36NO.C32H32NO/c1-23-15-16-27-29-18-28-26-13-11-12-14-30(26)38(21-36(4,5)6,22-37(7,8)9)31(28)19-33(29)40-35(27)34(23)32-17-24(2)25(3)20-39(32)10;1-21(2)18-36(19-22(3)4)30-12-10-9-11-26(30)28-16-29-27-14-13-23(5)34(35(27)38-33(29)17-31(28)36)32-15-24(6)25(7)20-37(32)8;1-19(2)34(20(3)4)28-12-10-9-11-24(28)26-16-27-25-14-13-21(5)32(33(25)36-31(27)17-29(26)34)30-15-22(6)23(7)18-35(30)8;1-7-32(8-2)26-12-10-9-11-22(26)24-16-25-23-14-13-19(3)30(31(23)34-29(25)17-27(24)32)28-15-20(4)21(5)18-33(28)6/h11-20H,21-22H2,1-10H3;9-17,20-22H,18-19H2,1-8H3;9-20H,1-8H3;9-18H,7-8H2,1-6H3/q4*+1. The van der Waals surface area contributed by atoms with E-state index in [1.807, 2.05) is 0 Å². The minimum absolute atomic E-state index is 0.0146. The Morgan fingerprint density at radius 3 is 0.764 bits per heavy atom. The SMILES string of the molecule is CCC1(CC)c2ccccc2-c2cc3c(cc21)oc1c(-c2cc(C)c(C)c[n+]2C)c(C)ccc13.Cc1cc(-c2c(C)ccc3c2oc2cc4c(cc23)-c2ccccc2C4(C(C)C)C(C)C)[n+](C)cc1C.Cc1cc(-c2c(C)ccc3c2oc2cc4c(cc23)-c2ccccc2C4(CC(C)(C)C)CC(C)(C)C)[n+](C)cc1C.Cc1cc(-c2c(C)ccc3c2oc2cc4c(cc23)-c2ccccc2C4(CC(C)C)CC(C)C)[n+](C)cc1C. The maximum atomic E-state index is 6.91. The van der Waals surface area contributed by atoms with Crippen LogP contribution in [0, 0.1) is 118 Å². The fraction of sp³-hybridized carbons (Fsp3) is 0.343. The first-order chi connectivity index (χ1) is 70.3. The second-order valence-corrected chi connectivity index (χ2v) is 49.0. The Morgan fingerprint density at radius 2 is 0.486 bits per heavy atom. The third-order valence-electron chi connectivity index (χ3n) is 35.0. The molecule has 20 aromatic rings. The van der Waals surface area contributed by atoms with Crippen LogP contribution in [0.2, 0.25) is 0 Å². The van der Waals surface area contributed by atoms with Crippen molar-refractivity contribution < 1.29 is 35.9 Å². The Bertz CT molecular complexity index is 8830. The van der Waals surface area contributed by atoms with Crippen molar-refractivity contribution in [2.75, 3.05) is 0 Å². The highest BCUT2D eigenvalue weighted by Gasteiger charge is 2.52. The number of rotatable bonds is 14. The molecule has 0 saturated carbocycles. The van der Waals surface area contributed by atoms with E-state index in [2.05, 4.69) is 484 Å². The molecule has 0 unspecified atom stereocenters. The minimum Gasteiger partial charge on any atom is -0.455 e. The number of nitrogens with zero attached hydrogens (tertiary/aromatic N) is 4. The summed E-state index contributed by atoms with van der Waals surface area (Å²) in [5.74, 6) is 2.12. The molecule has 0 bridgehead atoms. The monoisotopic (exact) mass is 1950 g/mol. The quantitative estimate of drug-likeness (QED) is 0.102. The molecule has 0 spiro atoms. The maximum absolute atomic E-state index is 6.91. The highest BCUT2D eigenvalue weighted by atomic mass is 16.3. The van der Waals surface area contributed by atoms with Crippen LogP contribution in [0.3, 0.4) is 0 Å². The number of hydrogen-bond acceptors (Lipinski definition) is 4. The first-order valence-corrected chi connectivity index (χ1v) is 54.6. The summed E-state index contributed by atoms with van der Waals surface area (Å²) in [6.07, 6.45) is 15.5. The highest BCUT2D eigenvalue weighted by molar-refractivity contribution is 6.16. The fourth-order valence-electron chi connectivity index (χ4n) is 28.3. The molecular formula is C140H152N4O4+4. The molecule has 4 aliphatic carbocycles. The van der Waals surface area contributed by atoms with Gasteiger partial charge in [-0.15, -0.1) is 0 Å². The van der Waals surface area contributed by atoms with E-state index in [9.17, 15) is 0 Å². The van der Waals surface area contributed by atoms with E-state index in [0.717, 1.165) is 83.2 Å². The van der Waals surface area contributed by atoms with Crippen LogP contribution in [0.1, 0.15) is 261 Å². The van der Waals surface area contributed by atoms with Gasteiger partial charge in [-0.2, -0.15) is 0 Å². The number of furan rings is 4. The Labute approximate surface area is 878 Å². The van der Waals surface area contributed by atoms with Crippen LogP contribution in [0.5, 0.6) is 0 Å². The van der Waals surface area contributed by atoms with Gasteiger partial charge < -0.3 is 17.7 Å². The molecule has 0 saturated heterocycles. The number of benzene rings is 12. The van der Waals surface area contributed by atoms with Crippen molar-refractivity contribution in [2.24, 2.45) is 62.7 Å². The molecule has 0 amide bonds. The second kappa shape index (κ2) is 36.7. The highest BCUT2D eigenvalue weighted by Crippen LogP contribution is 2.64. The summed E-state index contributed by atoms with van der Waals surface area (Å²) < 4.78 is 36.3. The maximum Gasteiger partial charge on any atom is 0.216 e. The first-order valence-electron chi connectivity index (χ1n) is 54.6. The molecule has 12 aromatic carbocycles. The molecular weight excluding hydrogens is 1800 g/mol. The predicted molar refractivity (Wildman–Crippen MR) is 620 cm³/mol. The normalized spacial score (nSPS) is 14.3. The molecule has 8 heterocycles. The zero-order valence-corrected chi connectivity index (χ0v) is 94.1. The lowest BCUT2D eigenvalue weighted by atomic mass is 9.62. The molecule has 752 valence electrons. The van der Waals surface area contributed by atoms with Crippen LogP contribution in [0.4, 0.5) is 0 Å². The Balaban J connectivity index is 0.000000116. The van der Waals surface area contributed by atoms with Gasteiger partial charge >= 0.3 is 0 Å². The molecule has 8 nitrogen and oxygen atoms in total. The van der Waals surface area contributed by atoms with Gasteiger partial charge in [-0.3, -0.25) is 0 Å². The molecule has 0 fully saturated rings. The lowest BCUT2D eigenvalue weighted by molar-refractivity contribution is -0.660. The molecule has 0 radical (unpaired) electrons. The molecule has 8 aromatic heterocycles. The zero-order valence-electron chi connectivity index (χ0n) is 94.1. The van der Waals surface area contributed by atoms with Gasteiger partial charge in [0.15, 0.2) is 24.8 Å². The van der Waals surface area contributed by atoms with Gasteiger partial charge in [0.2, 0.25) is 22.8 Å². The molecule has 24 rings (SSSR count). The van der Waals surface area contributed by atoms with Crippen LogP contribution in [-0.2, 0) is 49.9 Å². The summed E-state index contributed by atoms with van der Waals surface area (Å²) in [5.41, 5.74) is 55.7. The summed E-state index contributed by atoms with van der Waals surface area (Å²) in [5, 5.41) is 9.61. The Kier molecular flexibility index (Phi) is 24.9. The lowest BCUT2D eigenvalue weighted by Crippen LogP contribution is -2.37. The topological polar surface area (TPSA) is 68.1 Å². The predicted octanol–water partition coefficient (Wildman–Crippen LogP) is 36.2. The van der Waals surface area contributed by atoms with E-state index in [4.69, 9.17) is 17.7 Å². The summed E-state index contributed by atoms with van der Waals surface area (Å²) in [6.45, 7) is 64.1. The van der Waals surface area contributed by atoms with E-state index in [1.54, 1.807) is 0 Å². The summed E-state index contributed by atoms with van der Waals surface area (Å²) in [7, 11) is 8.54. The van der Waals surface area contributed by atoms with E-state index < -0.39 is 0 Å². The van der Waals surface area contributed by atoms with E-state index >= 15 is 0 Å². The average Bonchev–Trinajstić information content (AvgIpc) is 1.56. The number of fused-ring (bicyclic) bond motifs is 24. The van der Waals surface area contributed by atoms with Crippen molar-refractivity contribution in [3.05, 3.63) is 354 Å². The van der Waals surface area contributed by atoms with Crippen LogP contribution in [-0.4, -0.2) is 0 Å². The number of aryl methyl sites for hydroxylation is 16. The molecule has 148 heavy (non-hydrogen) atoms. The van der Waals surface area contributed by atoms with Crippen molar-refractivity contribution in [1.29, 1.82) is 0 Å². The van der Waals surface area contributed by atoms with Crippen molar-refractivity contribution in [1.82, 2.24) is 0 Å². The van der Waals surface area contributed by atoms with Gasteiger partial charge in [-0.05, 0) is 338 Å².